The number of aromatic nitrogens is 2. The van der Waals surface area contributed by atoms with Crippen LogP contribution in [0, 0.1) is 0 Å². The number of nitrogens with one attached hydrogen (secondary N) is 2. The number of hydrogen-bond donors (Lipinski definition) is 4. The summed E-state index contributed by atoms with van der Waals surface area (Å²) in [5.74, 6) is 0.529. The fourth-order valence-corrected chi connectivity index (χ4v) is 3.45. The minimum Gasteiger partial charge on any atom is -0.409 e. The van der Waals surface area contributed by atoms with Gasteiger partial charge in [-0.25, -0.2) is 0 Å². The second-order valence-corrected chi connectivity index (χ2v) is 5.60. The van der Waals surface area contributed by atoms with Gasteiger partial charge in [0.25, 0.3) is 0 Å². The van der Waals surface area contributed by atoms with Crippen molar-refractivity contribution in [1.29, 1.82) is 0 Å². The second-order valence-electron chi connectivity index (χ2n) is 4.53. The molecule has 0 fully saturated rings. The molecule has 1 atom stereocenters. The van der Waals surface area contributed by atoms with Crippen molar-refractivity contribution < 1.29 is 10.0 Å². The number of oxime groups is 1. The predicted molar refractivity (Wildman–Crippen MR) is 79.6 cm³/mol. The van der Waals surface area contributed by atoms with E-state index in [0.717, 1.165) is 10.5 Å². The zero-order valence-electron chi connectivity index (χ0n) is 10.9. The predicted octanol–water partition coefficient (Wildman–Crippen LogP) is 1.33. The number of H-pyrrole nitrogens is 1. The van der Waals surface area contributed by atoms with Crippen LogP contribution in [0.1, 0.15) is 17.0 Å². The number of benzene rings is 1. The Morgan fingerprint density at radius 3 is 3.14 bits per heavy atom. The van der Waals surface area contributed by atoms with E-state index < -0.39 is 0 Å². The summed E-state index contributed by atoms with van der Waals surface area (Å²) in [6, 6.07) is 7.84. The Kier molecular flexibility index (Phi) is 3.53. The molecule has 1 aliphatic rings. The van der Waals surface area contributed by atoms with Crippen molar-refractivity contribution in [3.05, 3.63) is 41.6 Å². The highest BCUT2D eigenvalue weighted by molar-refractivity contribution is 7.99. The highest BCUT2D eigenvalue weighted by atomic mass is 32.2. The molecule has 0 bridgehead atoms. The Morgan fingerprint density at radius 2 is 2.33 bits per heavy atom. The third-order valence-corrected chi connectivity index (χ3v) is 4.47. The zero-order valence-corrected chi connectivity index (χ0v) is 11.7. The molecule has 21 heavy (non-hydrogen) atoms. The highest BCUT2D eigenvalue weighted by Crippen LogP contribution is 2.39. The van der Waals surface area contributed by atoms with Crippen molar-refractivity contribution in [2.45, 2.75) is 10.8 Å². The first-order valence-corrected chi connectivity index (χ1v) is 7.23. The summed E-state index contributed by atoms with van der Waals surface area (Å²) in [6.07, 6.45) is 1.39. The number of fused-ring (bicyclic) bond motifs is 1. The lowest BCUT2D eigenvalue weighted by Crippen LogP contribution is -2.23. The van der Waals surface area contributed by atoms with E-state index in [-0.39, 0.29) is 17.7 Å². The van der Waals surface area contributed by atoms with Crippen molar-refractivity contribution in [3.63, 3.8) is 0 Å². The Balaban J connectivity index is 1.81. The van der Waals surface area contributed by atoms with Gasteiger partial charge >= 0.3 is 0 Å². The van der Waals surface area contributed by atoms with E-state index in [1.165, 1.54) is 6.20 Å². The molecule has 1 amide bonds. The molecule has 7 nitrogen and oxygen atoms in total. The van der Waals surface area contributed by atoms with E-state index in [2.05, 4.69) is 20.7 Å². The van der Waals surface area contributed by atoms with E-state index in [9.17, 15) is 4.79 Å². The maximum atomic E-state index is 12.4. The molecule has 1 aromatic carbocycles. The lowest BCUT2D eigenvalue weighted by atomic mass is 10.0. The van der Waals surface area contributed by atoms with Gasteiger partial charge in [-0.2, -0.15) is 5.10 Å². The molecule has 0 spiro atoms. The molecule has 5 N–H and O–H groups in total. The SMILES string of the molecule is NC(=NO)c1cn[nH]c1NC(=O)C1CSc2ccccc21. The molecule has 0 saturated heterocycles. The minimum absolute atomic E-state index is 0.111. The summed E-state index contributed by atoms with van der Waals surface area (Å²) >= 11 is 1.66. The first-order valence-electron chi connectivity index (χ1n) is 6.24. The summed E-state index contributed by atoms with van der Waals surface area (Å²) in [4.78, 5) is 13.5. The number of amides is 1. The largest absolute Gasteiger partial charge is 0.409 e. The number of carbonyl (C=O) groups excluding carboxylic acids is 1. The lowest BCUT2D eigenvalue weighted by molar-refractivity contribution is -0.117. The van der Waals surface area contributed by atoms with Crippen LogP contribution in [0.3, 0.4) is 0 Å². The number of carbonyl (C=O) groups is 1. The fourth-order valence-electron chi connectivity index (χ4n) is 2.22. The van der Waals surface area contributed by atoms with E-state index in [0.29, 0.717) is 17.1 Å². The molecule has 2 heterocycles. The van der Waals surface area contributed by atoms with Gasteiger partial charge < -0.3 is 16.3 Å². The molecule has 1 unspecified atom stereocenters. The molecule has 0 aliphatic carbocycles. The molecule has 3 rings (SSSR count). The van der Waals surface area contributed by atoms with Crippen molar-refractivity contribution in [2.75, 3.05) is 11.1 Å². The molecule has 108 valence electrons. The van der Waals surface area contributed by atoms with Crippen LogP contribution in [-0.2, 0) is 4.79 Å². The van der Waals surface area contributed by atoms with E-state index in [1.54, 1.807) is 11.8 Å². The van der Waals surface area contributed by atoms with Crippen LogP contribution in [0.2, 0.25) is 0 Å². The highest BCUT2D eigenvalue weighted by Gasteiger charge is 2.29. The van der Waals surface area contributed by atoms with Crippen LogP contribution in [0.4, 0.5) is 5.82 Å². The average Bonchev–Trinajstić information content (AvgIpc) is 3.12. The van der Waals surface area contributed by atoms with Gasteiger partial charge in [0.2, 0.25) is 5.91 Å². The maximum absolute atomic E-state index is 12.4. The van der Waals surface area contributed by atoms with Crippen LogP contribution < -0.4 is 11.1 Å². The van der Waals surface area contributed by atoms with Crippen LogP contribution >= 0.6 is 11.8 Å². The Labute approximate surface area is 124 Å². The van der Waals surface area contributed by atoms with Crippen molar-refractivity contribution in [2.24, 2.45) is 10.9 Å². The van der Waals surface area contributed by atoms with Gasteiger partial charge in [0.05, 0.1) is 17.7 Å². The third kappa shape index (κ3) is 2.45. The minimum atomic E-state index is -0.227. The smallest absolute Gasteiger partial charge is 0.233 e. The quantitative estimate of drug-likeness (QED) is 0.295. The van der Waals surface area contributed by atoms with E-state index in [1.807, 2.05) is 24.3 Å². The first-order chi connectivity index (χ1) is 10.2. The van der Waals surface area contributed by atoms with Gasteiger partial charge in [-0.15, -0.1) is 11.8 Å². The van der Waals surface area contributed by atoms with E-state index in [4.69, 9.17) is 10.9 Å². The van der Waals surface area contributed by atoms with Gasteiger partial charge in [0.15, 0.2) is 5.84 Å². The molecular weight excluding hydrogens is 290 g/mol. The normalized spacial score (nSPS) is 17.5. The Hall–Kier alpha value is -2.48. The number of rotatable bonds is 3. The standard InChI is InChI=1S/C13H13N5O2S/c14-11(18-20)8-5-15-17-12(8)16-13(19)9-6-21-10-4-2-1-3-7(9)10/h1-5,9,20H,6H2,(H2,14,18)(H2,15,16,17,19). The Morgan fingerprint density at radius 1 is 1.52 bits per heavy atom. The van der Waals surface area contributed by atoms with Gasteiger partial charge in [-0.1, -0.05) is 23.4 Å². The molecule has 0 radical (unpaired) electrons. The molecule has 1 aliphatic heterocycles. The molecule has 2 aromatic rings. The molecule has 0 saturated carbocycles. The number of anilines is 1. The van der Waals surface area contributed by atoms with Gasteiger partial charge in [-0.05, 0) is 11.6 Å². The molecule has 1 aromatic heterocycles. The monoisotopic (exact) mass is 303 g/mol. The van der Waals surface area contributed by atoms with E-state index >= 15 is 0 Å². The second kappa shape index (κ2) is 5.49. The Bertz CT molecular complexity index is 712. The lowest BCUT2D eigenvalue weighted by Gasteiger charge is -2.11. The topological polar surface area (TPSA) is 116 Å². The summed E-state index contributed by atoms with van der Waals surface area (Å²) in [5.41, 5.74) is 6.90. The third-order valence-electron chi connectivity index (χ3n) is 3.29. The van der Waals surface area contributed by atoms with Crippen LogP contribution in [0.15, 0.2) is 40.5 Å². The molecular formula is C13H13N5O2S. The number of nitrogens with two attached hydrogens (primary N) is 1. The van der Waals surface area contributed by atoms with Crippen LogP contribution in [0.5, 0.6) is 0 Å². The number of aromatic amines is 1. The van der Waals surface area contributed by atoms with Crippen molar-refractivity contribution >= 4 is 29.3 Å². The van der Waals surface area contributed by atoms with Gasteiger partial charge in [0.1, 0.15) is 5.82 Å². The first kappa shape index (κ1) is 13.5. The molecule has 8 heteroatoms. The number of nitrogens with zero attached hydrogens (tertiary/aromatic N) is 2. The van der Waals surface area contributed by atoms with Crippen LogP contribution in [-0.4, -0.2) is 32.9 Å². The average molecular weight is 303 g/mol. The van der Waals surface area contributed by atoms with Gasteiger partial charge in [0, 0.05) is 10.6 Å². The number of amidine groups is 1. The summed E-state index contributed by atoms with van der Waals surface area (Å²) in [5, 5.41) is 20.8. The summed E-state index contributed by atoms with van der Waals surface area (Å²) in [6.45, 7) is 0. The van der Waals surface area contributed by atoms with Crippen molar-refractivity contribution in [3.8, 4) is 0 Å². The van der Waals surface area contributed by atoms with Crippen molar-refractivity contribution in [1.82, 2.24) is 10.2 Å². The van der Waals surface area contributed by atoms with Gasteiger partial charge in [-0.3, -0.25) is 9.89 Å². The number of thioether (sulfide) groups is 1. The summed E-state index contributed by atoms with van der Waals surface area (Å²) in [7, 11) is 0. The zero-order chi connectivity index (χ0) is 14.8. The summed E-state index contributed by atoms with van der Waals surface area (Å²) < 4.78 is 0. The fraction of sp³-hybridized carbons (Fsp3) is 0.154. The number of hydrogen-bond acceptors (Lipinski definition) is 5. The maximum Gasteiger partial charge on any atom is 0.233 e. The van der Waals surface area contributed by atoms with Crippen LogP contribution in [0.25, 0.3) is 0 Å².